The van der Waals surface area contributed by atoms with Crippen molar-refractivity contribution in [3.8, 4) is 0 Å². The van der Waals surface area contributed by atoms with E-state index in [1.54, 1.807) is 0 Å². The van der Waals surface area contributed by atoms with Crippen LogP contribution < -0.4 is 10.6 Å². The second kappa shape index (κ2) is 4.02. The Morgan fingerprint density at radius 3 is 2.05 bits per heavy atom. The van der Waals surface area contributed by atoms with Gasteiger partial charge in [0.2, 0.25) is 0 Å². The molecule has 19 heavy (non-hydrogen) atoms. The number of alkyl carbamates (subject to hydrolysis) is 1. The van der Waals surface area contributed by atoms with Gasteiger partial charge in [-0.05, 0) is 31.6 Å². The predicted molar refractivity (Wildman–Crippen MR) is 69.0 cm³/mol. The first kappa shape index (κ1) is 14.0. The number of carbonyl (C=O) groups excluding carboxylic acids is 1. The summed E-state index contributed by atoms with van der Waals surface area (Å²) in [5, 5.41) is 14.1. The van der Waals surface area contributed by atoms with Crippen molar-refractivity contribution in [1.29, 1.82) is 0 Å². The molecule has 0 spiro atoms. The minimum atomic E-state index is -1.00. The number of nitrogens with one attached hydrogen (secondary N) is 2. The lowest BCUT2D eigenvalue weighted by atomic mass is 9.44. The molecule has 3 aliphatic rings. The van der Waals surface area contributed by atoms with E-state index in [2.05, 4.69) is 10.6 Å². The van der Waals surface area contributed by atoms with Gasteiger partial charge in [0.1, 0.15) is 6.10 Å². The van der Waals surface area contributed by atoms with Crippen LogP contribution in [0.1, 0.15) is 47.0 Å². The van der Waals surface area contributed by atoms with Crippen LogP contribution in [0.3, 0.4) is 0 Å². The Balaban J connectivity index is 1.77. The third kappa shape index (κ3) is 2.62. The third-order valence-electron chi connectivity index (χ3n) is 4.27. The molecular weight excluding hydrogens is 248 g/mol. The van der Waals surface area contributed by atoms with Gasteiger partial charge in [0.15, 0.2) is 0 Å². The summed E-state index contributed by atoms with van der Waals surface area (Å²) >= 11 is 0. The molecule has 2 bridgehead atoms. The summed E-state index contributed by atoms with van der Waals surface area (Å²) in [6, 6.07) is 0. The average Bonchev–Trinajstić information content (AvgIpc) is 2.09. The van der Waals surface area contributed by atoms with Crippen molar-refractivity contribution in [3.05, 3.63) is 0 Å². The molecule has 1 unspecified atom stereocenters. The molecule has 0 saturated heterocycles. The van der Waals surface area contributed by atoms with E-state index in [0.29, 0.717) is 19.3 Å². The molecule has 3 saturated carbocycles. The maximum Gasteiger partial charge on any atom is 0.407 e. The number of carboxylic acid groups (broad SMARTS) is 1. The summed E-state index contributed by atoms with van der Waals surface area (Å²) in [4.78, 5) is 22.4. The number of carbonyl (C=O) groups is 2. The second-order valence-electron chi connectivity index (χ2n) is 7.06. The van der Waals surface area contributed by atoms with Crippen LogP contribution in [0.4, 0.5) is 9.59 Å². The molecule has 0 aliphatic heterocycles. The zero-order chi connectivity index (χ0) is 14.5. The van der Waals surface area contributed by atoms with Crippen molar-refractivity contribution in [3.63, 3.8) is 0 Å². The Morgan fingerprint density at radius 2 is 1.63 bits per heavy atom. The highest BCUT2D eigenvalue weighted by Crippen LogP contribution is 2.60. The van der Waals surface area contributed by atoms with Crippen molar-refractivity contribution in [1.82, 2.24) is 10.6 Å². The van der Waals surface area contributed by atoms with Crippen LogP contribution in [-0.2, 0) is 4.74 Å². The van der Waals surface area contributed by atoms with Gasteiger partial charge >= 0.3 is 12.2 Å². The van der Waals surface area contributed by atoms with Crippen LogP contribution in [0.15, 0.2) is 0 Å². The quantitative estimate of drug-likeness (QED) is 0.732. The Morgan fingerprint density at radius 1 is 1.16 bits per heavy atom. The van der Waals surface area contributed by atoms with Crippen LogP contribution in [0.5, 0.6) is 0 Å². The van der Waals surface area contributed by atoms with Crippen LogP contribution in [-0.4, -0.2) is 34.5 Å². The lowest BCUT2D eigenvalue weighted by Gasteiger charge is -2.69. The van der Waals surface area contributed by atoms with Crippen molar-refractivity contribution in [2.45, 2.75) is 64.1 Å². The summed E-state index contributed by atoms with van der Waals surface area (Å²) in [5.41, 5.74) is -0.658. The van der Waals surface area contributed by atoms with Gasteiger partial charge in [-0.15, -0.1) is 0 Å². The summed E-state index contributed by atoms with van der Waals surface area (Å²) < 4.78 is 5.34. The molecule has 0 aromatic heterocycles. The molecule has 0 aromatic rings. The van der Waals surface area contributed by atoms with Gasteiger partial charge in [-0.2, -0.15) is 0 Å². The molecule has 3 N–H and O–H groups in total. The summed E-state index contributed by atoms with van der Waals surface area (Å²) in [6.45, 7) is 7.91. The molecule has 3 aliphatic carbocycles. The predicted octanol–water partition coefficient (Wildman–Crippen LogP) is 2.09. The van der Waals surface area contributed by atoms with E-state index in [1.807, 2.05) is 27.7 Å². The maximum atomic E-state index is 11.8. The monoisotopic (exact) mass is 270 g/mol. The molecule has 6 nitrogen and oxygen atoms in total. The molecule has 0 heterocycles. The Hall–Kier alpha value is -1.46. The van der Waals surface area contributed by atoms with E-state index in [-0.39, 0.29) is 22.6 Å². The smallest absolute Gasteiger partial charge is 0.407 e. The molecule has 2 amide bonds. The minimum absolute atomic E-state index is 0.0944. The Kier molecular flexibility index (Phi) is 2.95. The van der Waals surface area contributed by atoms with Crippen LogP contribution >= 0.6 is 0 Å². The summed E-state index contributed by atoms with van der Waals surface area (Å²) in [7, 11) is 0. The van der Waals surface area contributed by atoms with E-state index in [0.717, 1.165) is 0 Å². The Labute approximate surface area is 112 Å². The van der Waals surface area contributed by atoms with Crippen LogP contribution in [0.2, 0.25) is 0 Å². The van der Waals surface area contributed by atoms with Crippen molar-refractivity contribution in [2.24, 2.45) is 5.41 Å². The highest BCUT2D eigenvalue weighted by molar-refractivity contribution is 5.71. The number of amides is 2. The largest absolute Gasteiger partial charge is 0.465 e. The molecule has 3 rings (SSSR count). The number of hydrogen-bond donors (Lipinski definition) is 3. The van der Waals surface area contributed by atoms with E-state index in [1.165, 1.54) is 0 Å². The zero-order valence-electron chi connectivity index (χ0n) is 11.9. The molecule has 0 radical (unpaired) electrons. The molecule has 1 atom stereocenters. The molecule has 0 aromatic carbocycles. The van der Waals surface area contributed by atoms with E-state index >= 15 is 0 Å². The first-order chi connectivity index (χ1) is 8.56. The summed E-state index contributed by atoms with van der Waals surface area (Å²) in [5.74, 6) is 0. The molecule has 6 heteroatoms. The van der Waals surface area contributed by atoms with Gasteiger partial charge in [0, 0.05) is 0 Å². The highest BCUT2D eigenvalue weighted by Gasteiger charge is 2.69. The van der Waals surface area contributed by atoms with Gasteiger partial charge in [0.25, 0.3) is 0 Å². The summed E-state index contributed by atoms with van der Waals surface area (Å²) in [6.07, 6.45) is 0.385. The number of rotatable bonds is 3. The van der Waals surface area contributed by atoms with Crippen LogP contribution in [0.25, 0.3) is 0 Å². The molecular formula is C13H22N2O4. The topological polar surface area (TPSA) is 87.7 Å². The maximum absolute atomic E-state index is 11.8. The standard InChI is InChI=1S/C13H22N2O4/c1-8(11(2,3)4)19-10(18)15-13-5-12(6-13,7-13)14-9(16)17/h8,14H,5-7H2,1-4H3,(H,15,18)(H,16,17). The first-order valence-corrected chi connectivity index (χ1v) is 6.56. The lowest BCUT2D eigenvalue weighted by Crippen LogP contribution is -2.83. The zero-order valence-corrected chi connectivity index (χ0v) is 11.9. The number of hydrogen-bond acceptors (Lipinski definition) is 3. The van der Waals surface area contributed by atoms with Gasteiger partial charge in [-0.25, -0.2) is 9.59 Å². The number of ether oxygens (including phenoxy) is 1. The normalized spacial score (nSPS) is 33.5. The molecule has 108 valence electrons. The van der Waals surface area contributed by atoms with Gasteiger partial charge in [0.05, 0.1) is 11.1 Å². The van der Waals surface area contributed by atoms with Gasteiger partial charge in [-0.1, -0.05) is 20.8 Å². The van der Waals surface area contributed by atoms with E-state index < -0.39 is 12.2 Å². The van der Waals surface area contributed by atoms with Crippen LogP contribution in [0, 0.1) is 5.41 Å². The molecule has 3 fully saturated rings. The second-order valence-corrected chi connectivity index (χ2v) is 7.06. The van der Waals surface area contributed by atoms with E-state index in [4.69, 9.17) is 9.84 Å². The first-order valence-electron chi connectivity index (χ1n) is 6.56. The fraction of sp³-hybridized carbons (Fsp3) is 0.846. The lowest BCUT2D eigenvalue weighted by molar-refractivity contribution is -0.0978. The fourth-order valence-corrected chi connectivity index (χ4v) is 2.86. The third-order valence-corrected chi connectivity index (χ3v) is 4.27. The SMILES string of the molecule is CC(OC(=O)NC12CC(NC(=O)O)(C1)C2)C(C)(C)C. The van der Waals surface area contributed by atoms with E-state index in [9.17, 15) is 9.59 Å². The minimum Gasteiger partial charge on any atom is -0.465 e. The highest BCUT2D eigenvalue weighted by atomic mass is 16.6. The van der Waals surface area contributed by atoms with Crippen molar-refractivity contribution < 1.29 is 19.4 Å². The van der Waals surface area contributed by atoms with Gasteiger partial charge < -0.3 is 20.5 Å². The van der Waals surface area contributed by atoms with Crippen molar-refractivity contribution in [2.75, 3.05) is 0 Å². The fourth-order valence-electron chi connectivity index (χ4n) is 2.86. The van der Waals surface area contributed by atoms with Gasteiger partial charge in [-0.3, -0.25) is 0 Å². The Bertz CT molecular complexity index is 394. The van der Waals surface area contributed by atoms with Crippen molar-refractivity contribution >= 4 is 12.2 Å². The average molecular weight is 270 g/mol.